The van der Waals surface area contributed by atoms with E-state index in [0.29, 0.717) is 0 Å². The number of pyridine rings is 1. The smallest absolute Gasteiger partial charge is 0.188 e. The van der Waals surface area contributed by atoms with E-state index in [0.717, 1.165) is 28.1 Å². The molecule has 2 nitrogen and oxygen atoms in total. The van der Waals surface area contributed by atoms with Gasteiger partial charge in [-0.3, -0.25) is 4.79 Å². The lowest BCUT2D eigenvalue weighted by Gasteiger charge is -2.09. The van der Waals surface area contributed by atoms with E-state index < -0.39 is 0 Å². The van der Waals surface area contributed by atoms with Crippen molar-refractivity contribution >= 4 is 0 Å². The summed E-state index contributed by atoms with van der Waals surface area (Å²) in [6, 6.07) is 9.93. The van der Waals surface area contributed by atoms with Gasteiger partial charge in [-0.05, 0) is 26.3 Å². The molecule has 0 spiro atoms. The third kappa shape index (κ3) is 1.67. The van der Waals surface area contributed by atoms with Crippen LogP contribution < -0.4 is 5.43 Å². The molecule has 0 aliphatic carbocycles. The molecule has 1 aromatic heterocycles. The van der Waals surface area contributed by atoms with Gasteiger partial charge in [0, 0.05) is 16.8 Å². The minimum Gasteiger partial charge on any atom is -0.358 e. The van der Waals surface area contributed by atoms with E-state index >= 15 is 0 Å². The number of hydrogen-bond donors (Lipinski definition) is 1. The number of nitrogens with one attached hydrogen (secondary N) is 1. The zero-order valence-corrected chi connectivity index (χ0v) is 9.79. The first-order chi connectivity index (χ1) is 7.61. The van der Waals surface area contributed by atoms with Gasteiger partial charge in [-0.2, -0.15) is 0 Å². The molecule has 2 aromatic rings. The first-order valence-electron chi connectivity index (χ1n) is 5.36. The van der Waals surface area contributed by atoms with Crippen LogP contribution in [0.1, 0.15) is 16.8 Å². The van der Waals surface area contributed by atoms with Crippen molar-refractivity contribution in [3.63, 3.8) is 0 Å². The summed E-state index contributed by atoms with van der Waals surface area (Å²) in [7, 11) is 0. The minimum atomic E-state index is 0.134. The summed E-state index contributed by atoms with van der Waals surface area (Å²) < 4.78 is 0. The van der Waals surface area contributed by atoms with E-state index in [9.17, 15) is 4.79 Å². The Bertz CT molecular complexity index is 567. The van der Waals surface area contributed by atoms with Crippen LogP contribution in [-0.2, 0) is 0 Å². The SMILES string of the molecule is Cc1[nH]c(-c2ccccc2)c(C)c(=O)c1C. The Kier molecular flexibility index (Phi) is 2.65. The van der Waals surface area contributed by atoms with Crippen molar-refractivity contribution in [2.24, 2.45) is 0 Å². The summed E-state index contributed by atoms with van der Waals surface area (Å²) in [6.07, 6.45) is 0. The molecule has 0 aliphatic rings. The summed E-state index contributed by atoms with van der Waals surface area (Å²) >= 11 is 0. The van der Waals surface area contributed by atoms with E-state index in [1.807, 2.05) is 51.1 Å². The van der Waals surface area contributed by atoms with Crippen LogP contribution in [0.2, 0.25) is 0 Å². The maximum Gasteiger partial charge on any atom is 0.188 e. The van der Waals surface area contributed by atoms with Crippen molar-refractivity contribution < 1.29 is 0 Å². The molecule has 0 unspecified atom stereocenters. The van der Waals surface area contributed by atoms with Crippen molar-refractivity contribution in [1.82, 2.24) is 4.98 Å². The van der Waals surface area contributed by atoms with Gasteiger partial charge in [0.05, 0.1) is 5.69 Å². The van der Waals surface area contributed by atoms with E-state index in [2.05, 4.69) is 4.98 Å². The second-order valence-corrected chi connectivity index (χ2v) is 4.07. The van der Waals surface area contributed by atoms with Crippen molar-refractivity contribution in [3.8, 4) is 11.3 Å². The van der Waals surface area contributed by atoms with Gasteiger partial charge in [0.2, 0.25) is 0 Å². The van der Waals surface area contributed by atoms with Crippen LogP contribution in [0, 0.1) is 20.8 Å². The van der Waals surface area contributed by atoms with Crippen molar-refractivity contribution in [2.75, 3.05) is 0 Å². The summed E-state index contributed by atoms with van der Waals surface area (Å²) in [6.45, 7) is 5.66. The number of H-pyrrole nitrogens is 1. The van der Waals surface area contributed by atoms with Crippen molar-refractivity contribution in [2.45, 2.75) is 20.8 Å². The molecule has 0 radical (unpaired) electrons. The molecule has 16 heavy (non-hydrogen) atoms. The van der Waals surface area contributed by atoms with Crippen LogP contribution in [0.4, 0.5) is 0 Å². The molecule has 1 aromatic carbocycles. The van der Waals surface area contributed by atoms with Crippen LogP contribution >= 0.6 is 0 Å². The molecular formula is C14H15NO. The Morgan fingerprint density at radius 3 is 2.19 bits per heavy atom. The molecule has 0 amide bonds. The Morgan fingerprint density at radius 1 is 0.938 bits per heavy atom. The second kappa shape index (κ2) is 3.97. The van der Waals surface area contributed by atoms with E-state index in [1.54, 1.807) is 0 Å². The fraction of sp³-hybridized carbons (Fsp3) is 0.214. The number of aromatic nitrogens is 1. The first-order valence-corrected chi connectivity index (χ1v) is 5.36. The van der Waals surface area contributed by atoms with Gasteiger partial charge in [-0.15, -0.1) is 0 Å². The number of aromatic amines is 1. The van der Waals surface area contributed by atoms with Gasteiger partial charge in [-0.25, -0.2) is 0 Å². The van der Waals surface area contributed by atoms with E-state index in [1.165, 1.54) is 0 Å². The molecule has 0 fully saturated rings. The lowest BCUT2D eigenvalue weighted by atomic mass is 10.0. The minimum absolute atomic E-state index is 0.134. The van der Waals surface area contributed by atoms with Gasteiger partial charge in [0.15, 0.2) is 5.43 Å². The average molecular weight is 213 g/mol. The summed E-state index contributed by atoms with van der Waals surface area (Å²) in [5.41, 5.74) is 4.64. The molecular weight excluding hydrogens is 198 g/mol. The highest BCUT2D eigenvalue weighted by atomic mass is 16.1. The Balaban J connectivity index is 2.73. The predicted molar refractivity (Wildman–Crippen MR) is 66.7 cm³/mol. The highest BCUT2D eigenvalue weighted by Gasteiger charge is 2.09. The van der Waals surface area contributed by atoms with Crippen LogP contribution in [0.5, 0.6) is 0 Å². The molecule has 0 atom stereocenters. The van der Waals surface area contributed by atoms with E-state index in [4.69, 9.17) is 0 Å². The zero-order chi connectivity index (χ0) is 11.7. The van der Waals surface area contributed by atoms with Gasteiger partial charge in [-0.1, -0.05) is 30.3 Å². The molecule has 2 heteroatoms. The molecule has 0 aliphatic heterocycles. The van der Waals surface area contributed by atoms with Crippen LogP contribution in [0.3, 0.4) is 0 Å². The first kappa shape index (κ1) is 10.7. The predicted octanol–water partition coefficient (Wildman–Crippen LogP) is 2.97. The standard InChI is InChI=1S/C14H15NO/c1-9-11(3)15-13(10(2)14(9)16)12-7-5-4-6-8-12/h4-8H,1-3H3,(H,15,16). The number of hydrogen-bond acceptors (Lipinski definition) is 1. The number of aryl methyl sites for hydroxylation is 1. The van der Waals surface area contributed by atoms with Gasteiger partial charge in [0.1, 0.15) is 0 Å². The summed E-state index contributed by atoms with van der Waals surface area (Å²) in [4.78, 5) is 15.3. The van der Waals surface area contributed by atoms with Crippen LogP contribution in [-0.4, -0.2) is 4.98 Å². The summed E-state index contributed by atoms with van der Waals surface area (Å²) in [5.74, 6) is 0. The largest absolute Gasteiger partial charge is 0.358 e. The molecule has 0 saturated heterocycles. The molecule has 82 valence electrons. The number of benzene rings is 1. The van der Waals surface area contributed by atoms with Gasteiger partial charge in [0.25, 0.3) is 0 Å². The lowest BCUT2D eigenvalue weighted by molar-refractivity contribution is 1.10. The number of rotatable bonds is 1. The average Bonchev–Trinajstić information content (AvgIpc) is 2.32. The monoisotopic (exact) mass is 213 g/mol. The summed E-state index contributed by atoms with van der Waals surface area (Å²) in [5, 5.41) is 0. The van der Waals surface area contributed by atoms with Gasteiger partial charge >= 0.3 is 0 Å². The Hall–Kier alpha value is -1.83. The van der Waals surface area contributed by atoms with E-state index in [-0.39, 0.29) is 5.43 Å². The Morgan fingerprint density at radius 2 is 1.56 bits per heavy atom. The topological polar surface area (TPSA) is 32.9 Å². The van der Waals surface area contributed by atoms with Crippen LogP contribution in [0.15, 0.2) is 35.1 Å². The fourth-order valence-corrected chi connectivity index (χ4v) is 1.83. The second-order valence-electron chi connectivity index (χ2n) is 4.07. The third-order valence-electron chi connectivity index (χ3n) is 2.99. The maximum atomic E-state index is 12.0. The highest BCUT2D eigenvalue weighted by Crippen LogP contribution is 2.19. The molecule has 0 saturated carbocycles. The third-order valence-corrected chi connectivity index (χ3v) is 2.99. The zero-order valence-electron chi connectivity index (χ0n) is 9.79. The maximum absolute atomic E-state index is 12.0. The van der Waals surface area contributed by atoms with Crippen molar-refractivity contribution in [1.29, 1.82) is 0 Å². The van der Waals surface area contributed by atoms with Crippen LogP contribution in [0.25, 0.3) is 11.3 Å². The molecule has 0 bridgehead atoms. The molecule has 1 N–H and O–H groups in total. The lowest BCUT2D eigenvalue weighted by Crippen LogP contribution is -2.14. The van der Waals surface area contributed by atoms with Crippen molar-refractivity contribution in [3.05, 3.63) is 57.4 Å². The fourth-order valence-electron chi connectivity index (χ4n) is 1.83. The van der Waals surface area contributed by atoms with Gasteiger partial charge < -0.3 is 4.98 Å². The Labute approximate surface area is 95.0 Å². The molecule has 1 heterocycles. The normalized spacial score (nSPS) is 10.4. The molecule has 2 rings (SSSR count). The quantitative estimate of drug-likeness (QED) is 0.776. The highest BCUT2D eigenvalue weighted by molar-refractivity contribution is 5.63.